The summed E-state index contributed by atoms with van der Waals surface area (Å²) in [5.74, 6) is -0.262. The van der Waals surface area contributed by atoms with Crippen LogP contribution in [0.4, 0.5) is 0 Å². The van der Waals surface area contributed by atoms with Crippen molar-refractivity contribution < 1.29 is 23.5 Å². The molecule has 0 aliphatic carbocycles. The average Bonchev–Trinajstić information content (AvgIpc) is 3.25. The Bertz CT molecular complexity index is 1490. The molecule has 2 aromatic rings. The van der Waals surface area contributed by atoms with Gasteiger partial charge in [-0.05, 0) is 106 Å². The van der Waals surface area contributed by atoms with Crippen molar-refractivity contribution in [2.45, 2.75) is 150 Å². The largest absolute Gasteiger partial charge is 0.478 e. The summed E-state index contributed by atoms with van der Waals surface area (Å²) < 4.78 is 16.1. The Hall–Kier alpha value is -2.34. The molecule has 1 heterocycles. The Morgan fingerprint density at radius 3 is 2.06 bits per heavy atom. The predicted molar refractivity (Wildman–Crippen MR) is 210 cm³/mol. The number of benzene rings is 1. The van der Waals surface area contributed by atoms with E-state index in [1.165, 1.54) is 11.6 Å². The van der Waals surface area contributed by atoms with Crippen LogP contribution in [0.5, 0.6) is 0 Å². The number of carboxylic acids is 1. The van der Waals surface area contributed by atoms with Crippen molar-refractivity contribution in [3.63, 3.8) is 0 Å². The molecule has 7 nitrogen and oxygen atoms in total. The van der Waals surface area contributed by atoms with Crippen molar-refractivity contribution in [3.8, 4) is 0 Å². The highest BCUT2D eigenvalue weighted by Crippen LogP contribution is 2.42. The fourth-order valence-electron chi connectivity index (χ4n) is 5.71. The molecule has 0 unspecified atom stereocenters. The van der Waals surface area contributed by atoms with Gasteiger partial charge >= 0.3 is 5.97 Å². The van der Waals surface area contributed by atoms with Crippen LogP contribution in [0.1, 0.15) is 112 Å². The van der Waals surface area contributed by atoms with Gasteiger partial charge in [-0.25, -0.2) is 9.78 Å². The Labute approximate surface area is 300 Å². The van der Waals surface area contributed by atoms with E-state index in [1.54, 1.807) is 13.8 Å². The zero-order valence-electron chi connectivity index (χ0n) is 33.7. The summed E-state index contributed by atoms with van der Waals surface area (Å²) in [7, 11) is -2.17. The van der Waals surface area contributed by atoms with E-state index in [0.717, 1.165) is 48.6 Å². The third-order valence-corrected chi connectivity index (χ3v) is 20.2. The summed E-state index contributed by atoms with van der Waals surface area (Å²) in [6, 6.07) is 6.55. The van der Waals surface area contributed by atoms with E-state index < -0.39 is 28.0 Å². The van der Waals surface area contributed by atoms with Crippen molar-refractivity contribution in [1.82, 2.24) is 9.55 Å². The maximum atomic E-state index is 13.8. The van der Waals surface area contributed by atoms with Gasteiger partial charge in [0.1, 0.15) is 11.6 Å². The molecular formula is C40H68N2O5Si2. The number of Topliss-reactive ketones (excluding diaryl/α,β-unsaturated/α-hetero) is 1. The van der Waals surface area contributed by atoms with Crippen LogP contribution in [0.15, 0.2) is 42.5 Å². The van der Waals surface area contributed by atoms with Crippen LogP contribution in [0.25, 0.3) is 11.0 Å². The zero-order chi connectivity index (χ0) is 37.8. The summed E-state index contributed by atoms with van der Waals surface area (Å²) in [5, 5.41) is 9.28. The maximum absolute atomic E-state index is 13.8. The van der Waals surface area contributed by atoms with Gasteiger partial charge in [0.25, 0.3) is 0 Å². The number of aryl methyl sites for hydroxylation is 2. The fourth-order valence-corrected chi connectivity index (χ4v) is 8.48. The van der Waals surface area contributed by atoms with Gasteiger partial charge in [0.15, 0.2) is 16.6 Å². The van der Waals surface area contributed by atoms with Gasteiger partial charge in [-0.2, -0.15) is 0 Å². The SMILES string of the molecule is Cc1nc2cc([C@H](C/C=C/CCC[C@H](C)[C@H](O[Si](C)(C)C(C)(C)C)[C@@H](C)C(=O)C(C)(C)/C=C/C(=O)O)O[Si](C)(C)C(C)(C)C)ccc2n1C. The molecule has 0 spiro atoms. The number of carboxylic acid groups (broad SMARTS) is 1. The number of carbonyl (C=O) groups is 2. The van der Waals surface area contributed by atoms with Crippen LogP contribution in [-0.2, 0) is 25.5 Å². The Balaban J connectivity index is 2.22. The number of carbonyl (C=O) groups excluding carboxylic acids is 1. The molecule has 49 heavy (non-hydrogen) atoms. The first kappa shape index (κ1) is 42.8. The van der Waals surface area contributed by atoms with Gasteiger partial charge < -0.3 is 18.5 Å². The normalized spacial score (nSPS) is 16.4. The van der Waals surface area contributed by atoms with Gasteiger partial charge in [0.05, 0.1) is 23.2 Å². The topological polar surface area (TPSA) is 90.7 Å². The number of hydrogen-bond donors (Lipinski definition) is 1. The third kappa shape index (κ3) is 11.3. The van der Waals surface area contributed by atoms with Gasteiger partial charge in [-0.3, -0.25) is 4.79 Å². The number of fused-ring (bicyclic) bond motifs is 1. The molecule has 1 aromatic heterocycles. The molecule has 1 N–H and O–H groups in total. The van der Waals surface area contributed by atoms with E-state index in [9.17, 15) is 14.7 Å². The second kappa shape index (κ2) is 16.3. The quantitative estimate of drug-likeness (QED) is 0.0760. The molecule has 0 aliphatic heterocycles. The number of aliphatic carboxylic acids is 1. The molecule has 0 fully saturated rings. The monoisotopic (exact) mass is 712 g/mol. The summed E-state index contributed by atoms with van der Waals surface area (Å²) in [6.07, 6.45) is 10.4. The number of rotatable bonds is 17. The summed E-state index contributed by atoms with van der Waals surface area (Å²) in [4.78, 5) is 29.8. The fraction of sp³-hybridized carbons (Fsp3) is 0.675. The molecule has 0 amide bonds. The highest BCUT2D eigenvalue weighted by molar-refractivity contribution is 6.74. The average molecular weight is 713 g/mol. The molecule has 4 atom stereocenters. The Morgan fingerprint density at radius 1 is 0.939 bits per heavy atom. The van der Waals surface area contributed by atoms with Crippen molar-refractivity contribution in [2.75, 3.05) is 0 Å². The first-order valence-corrected chi connectivity index (χ1v) is 23.9. The first-order chi connectivity index (χ1) is 22.2. The van der Waals surface area contributed by atoms with Crippen molar-refractivity contribution in [2.24, 2.45) is 24.3 Å². The Kier molecular flexibility index (Phi) is 14.3. The van der Waals surface area contributed by atoms with Gasteiger partial charge in [0, 0.05) is 24.5 Å². The molecular weight excluding hydrogens is 645 g/mol. The molecule has 0 saturated carbocycles. The maximum Gasteiger partial charge on any atom is 0.328 e. The highest BCUT2D eigenvalue weighted by atomic mass is 28.4. The second-order valence-electron chi connectivity index (χ2n) is 17.8. The number of imidazole rings is 1. The highest BCUT2D eigenvalue weighted by Gasteiger charge is 2.44. The second-order valence-corrected chi connectivity index (χ2v) is 27.3. The summed E-state index contributed by atoms with van der Waals surface area (Å²) >= 11 is 0. The number of nitrogens with zero attached hydrogens (tertiary/aromatic N) is 2. The standard InChI is InChI=1S/C40H68N2O5Si2/c1-28(36(47-49(15,16)39(7,8)9)29(2)37(45)40(10,11)26-25-35(43)44)21-19-17-18-20-22-34(46-48(13,14)38(4,5)6)31-23-24-33-32(27-31)41-30(3)42(33)12/h18,20,23-29,34,36H,17,19,21-22H2,1-16H3,(H,43,44)/b20-18+,26-25+/t28-,29+,34-,36-/m0/s1. The molecule has 0 radical (unpaired) electrons. The van der Waals surface area contributed by atoms with Crippen molar-refractivity contribution in [1.29, 1.82) is 0 Å². The lowest BCUT2D eigenvalue weighted by atomic mass is 9.76. The van der Waals surface area contributed by atoms with Crippen LogP contribution >= 0.6 is 0 Å². The molecule has 9 heteroatoms. The molecule has 1 aromatic carbocycles. The Morgan fingerprint density at radius 2 is 1.51 bits per heavy atom. The van der Waals surface area contributed by atoms with E-state index in [4.69, 9.17) is 13.8 Å². The lowest BCUT2D eigenvalue weighted by molar-refractivity contribution is -0.132. The van der Waals surface area contributed by atoms with Crippen LogP contribution < -0.4 is 0 Å². The van der Waals surface area contributed by atoms with Crippen LogP contribution in [0.3, 0.4) is 0 Å². The molecule has 276 valence electrons. The molecule has 2 rings (SSSR count). The first-order valence-electron chi connectivity index (χ1n) is 18.1. The lowest BCUT2D eigenvalue weighted by Crippen LogP contribution is -2.49. The van der Waals surface area contributed by atoms with Crippen LogP contribution in [0, 0.1) is 24.2 Å². The smallest absolute Gasteiger partial charge is 0.328 e. The van der Waals surface area contributed by atoms with Crippen LogP contribution in [0.2, 0.25) is 36.3 Å². The number of unbranched alkanes of at least 4 members (excludes halogenated alkanes) is 1. The van der Waals surface area contributed by atoms with E-state index >= 15 is 0 Å². The third-order valence-electron chi connectivity index (χ3n) is 11.3. The lowest BCUT2D eigenvalue weighted by Gasteiger charge is -2.43. The zero-order valence-corrected chi connectivity index (χ0v) is 35.7. The molecule has 0 bridgehead atoms. The van der Waals surface area contributed by atoms with Gasteiger partial charge in [0.2, 0.25) is 0 Å². The number of hydrogen-bond acceptors (Lipinski definition) is 5. The number of ketones is 1. The molecule has 0 saturated heterocycles. The minimum Gasteiger partial charge on any atom is -0.478 e. The van der Waals surface area contributed by atoms with E-state index in [2.05, 4.69) is 117 Å². The van der Waals surface area contributed by atoms with E-state index in [0.29, 0.717) is 0 Å². The van der Waals surface area contributed by atoms with Gasteiger partial charge in [-0.1, -0.05) is 79.7 Å². The number of allylic oxidation sites excluding steroid dienone is 2. The van der Waals surface area contributed by atoms with Crippen molar-refractivity contribution in [3.05, 3.63) is 53.9 Å². The van der Waals surface area contributed by atoms with E-state index in [1.807, 2.05) is 13.8 Å². The molecule has 0 aliphatic rings. The number of aromatic nitrogens is 2. The van der Waals surface area contributed by atoms with Crippen LogP contribution in [-0.4, -0.2) is 49.1 Å². The summed E-state index contributed by atoms with van der Waals surface area (Å²) in [6.45, 7) is 32.4. The predicted octanol–water partition coefficient (Wildman–Crippen LogP) is 11.0. The van der Waals surface area contributed by atoms with Gasteiger partial charge in [-0.15, -0.1) is 0 Å². The minimum absolute atomic E-state index is 0.00182. The van der Waals surface area contributed by atoms with Crippen molar-refractivity contribution >= 4 is 39.4 Å². The summed E-state index contributed by atoms with van der Waals surface area (Å²) in [5.41, 5.74) is 2.39. The van der Waals surface area contributed by atoms with E-state index in [-0.39, 0.29) is 39.9 Å². The minimum atomic E-state index is -2.19.